The highest BCUT2D eigenvalue weighted by Gasteiger charge is 2.19. The summed E-state index contributed by atoms with van der Waals surface area (Å²) in [5.41, 5.74) is -1.02. The van der Waals surface area contributed by atoms with Crippen molar-refractivity contribution in [2.24, 2.45) is 0 Å². The van der Waals surface area contributed by atoms with Gasteiger partial charge in [0, 0.05) is 23.8 Å². The number of carbonyl (C=O) groups is 1. The van der Waals surface area contributed by atoms with Crippen LogP contribution in [-0.4, -0.2) is 27.7 Å². The Balaban J connectivity index is 2.20. The highest BCUT2D eigenvalue weighted by atomic mass is 32.2. The molecule has 6 nitrogen and oxygen atoms in total. The van der Waals surface area contributed by atoms with Crippen LogP contribution >= 0.6 is 0 Å². The Kier molecular flexibility index (Phi) is 5.76. The van der Waals surface area contributed by atoms with Gasteiger partial charge in [-0.25, -0.2) is 26.3 Å². The standard InChI is InChI=1S/C16H14F3NO5S/c1-24-11-4-10(17)5-12(6-11)25-8-9-3-15(19)13(7-14(9)18)16(21)20-26(2,22)23/h3-7H,8H2,1-2H3,(H,20,21). The summed E-state index contributed by atoms with van der Waals surface area (Å²) in [4.78, 5) is 11.6. The number of hydrogen-bond acceptors (Lipinski definition) is 5. The zero-order chi connectivity index (χ0) is 19.5. The van der Waals surface area contributed by atoms with E-state index in [-0.39, 0.29) is 17.1 Å². The summed E-state index contributed by atoms with van der Waals surface area (Å²) in [6.07, 6.45) is 0.703. The van der Waals surface area contributed by atoms with E-state index in [1.807, 2.05) is 0 Å². The molecule has 0 aliphatic heterocycles. The van der Waals surface area contributed by atoms with Gasteiger partial charge in [0.25, 0.3) is 5.91 Å². The van der Waals surface area contributed by atoms with Crippen LogP contribution in [0.25, 0.3) is 0 Å². The van der Waals surface area contributed by atoms with Crippen molar-refractivity contribution >= 4 is 15.9 Å². The molecule has 0 saturated heterocycles. The van der Waals surface area contributed by atoms with Crippen molar-refractivity contribution in [2.45, 2.75) is 6.61 Å². The van der Waals surface area contributed by atoms with E-state index >= 15 is 0 Å². The number of halogens is 3. The Hall–Kier alpha value is -2.75. The Morgan fingerprint density at radius 2 is 1.69 bits per heavy atom. The van der Waals surface area contributed by atoms with Gasteiger partial charge < -0.3 is 9.47 Å². The fourth-order valence-electron chi connectivity index (χ4n) is 2.00. The highest BCUT2D eigenvalue weighted by Crippen LogP contribution is 2.23. The van der Waals surface area contributed by atoms with Crippen LogP contribution in [0.3, 0.4) is 0 Å². The minimum atomic E-state index is -3.93. The second-order valence-corrected chi connectivity index (χ2v) is 6.99. The molecule has 2 aromatic carbocycles. The van der Waals surface area contributed by atoms with Crippen molar-refractivity contribution in [3.63, 3.8) is 0 Å². The summed E-state index contributed by atoms with van der Waals surface area (Å²) in [5.74, 6) is -3.86. The van der Waals surface area contributed by atoms with E-state index in [1.165, 1.54) is 17.9 Å². The Morgan fingerprint density at radius 3 is 2.31 bits per heavy atom. The summed E-state index contributed by atoms with van der Waals surface area (Å²) >= 11 is 0. The zero-order valence-corrected chi connectivity index (χ0v) is 14.5. The number of carbonyl (C=O) groups excluding carboxylic acids is 1. The summed E-state index contributed by atoms with van der Waals surface area (Å²) in [5, 5.41) is 0. The van der Waals surface area contributed by atoms with Crippen molar-refractivity contribution < 1.29 is 35.9 Å². The van der Waals surface area contributed by atoms with Gasteiger partial charge in [0.2, 0.25) is 10.0 Å². The van der Waals surface area contributed by atoms with E-state index in [9.17, 15) is 26.4 Å². The first-order valence-electron chi connectivity index (χ1n) is 7.06. The topological polar surface area (TPSA) is 81.7 Å². The monoisotopic (exact) mass is 389 g/mol. The fourth-order valence-corrected chi connectivity index (χ4v) is 2.44. The number of methoxy groups -OCH3 is 1. The third kappa shape index (κ3) is 5.12. The van der Waals surface area contributed by atoms with Crippen LogP contribution in [0.5, 0.6) is 11.5 Å². The highest BCUT2D eigenvalue weighted by molar-refractivity contribution is 7.89. The van der Waals surface area contributed by atoms with Crippen molar-refractivity contribution in [1.82, 2.24) is 4.72 Å². The minimum absolute atomic E-state index is 0.0283. The molecule has 0 aliphatic rings. The van der Waals surface area contributed by atoms with Gasteiger partial charge in [0.15, 0.2) is 0 Å². The quantitative estimate of drug-likeness (QED) is 0.821. The molecule has 0 spiro atoms. The summed E-state index contributed by atoms with van der Waals surface area (Å²) in [6.45, 7) is -0.455. The van der Waals surface area contributed by atoms with Gasteiger partial charge in [0.05, 0.1) is 18.9 Å². The lowest BCUT2D eigenvalue weighted by Gasteiger charge is -2.11. The molecule has 0 saturated carbocycles. The second-order valence-electron chi connectivity index (χ2n) is 5.24. The zero-order valence-electron chi connectivity index (χ0n) is 13.7. The van der Waals surface area contributed by atoms with Crippen molar-refractivity contribution in [3.05, 3.63) is 58.9 Å². The molecule has 0 aromatic heterocycles. The first kappa shape index (κ1) is 19.6. The number of hydrogen-bond donors (Lipinski definition) is 1. The number of benzene rings is 2. The first-order chi connectivity index (χ1) is 12.1. The molecule has 2 rings (SSSR count). The van der Waals surface area contributed by atoms with Gasteiger partial charge in [0.1, 0.15) is 35.6 Å². The molecule has 0 aliphatic carbocycles. The average Bonchev–Trinajstić information content (AvgIpc) is 2.53. The molecule has 0 fully saturated rings. The molecule has 10 heteroatoms. The normalized spacial score (nSPS) is 11.1. The molecule has 1 N–H and O–H groups in total. The van der Waals surface area contributed by atoms with Gasteiger partial charge in [-0.15, -0.1) is 0 Å². The van der Waals surface area contributed by atoms with Crippen LogP contribution in [0, 0.1) is 17.5 Å². The minimum Gasteiger partial charge on any atom is -0.497 e. The van der Waals surface area contributed by atoms with E-state index in [0.29, 0.717) is 18.4 Å². The van der Waals surface area contributed by atoms with Gasteiger partial charge in [-0.05, 0) is 12.1 Å². The number of ether oxygens (including phenoxy) is 2. The summed E-state index contributed by atoms with van der Waals surface area (Å²) in [6, 6.07) is 4.75. The van der Waals surface area contributed by atoms with Gasteiger partial charge >= 0.3 is 0 Å². The van der Waals surface area contributed by atoms with E-state index in [2.05, 4.69) is 0 Å². The molecule has 0 heterocycles. The maximum atomic E-state index is 14.1. The molecule has 0 atom stereocenters. The number of sulfonamides is 1. The molecule has 0 radical (unpaired) electrons. The second kappa shape index (κ2) is 7.65. The summed E-state index contributed by atoms with van der Waals surface area (Å²) in [7, 11) is -2.60. The molecule has 0 bridgehead atoms. The SMILES string of the molecule is COc1cc(F)cc(OCc2cc(F)c(C(=O)NS(C)(=O)=O)cc2F)c1. The van der Waals surface area contributed by atoms with Crippen LogP contribution in [0.15, 0.2) is 30.3 Å². The lowest BCUT2D eigenvalue weighted by atomic mass is 10.1. The van der Waals surface area contributed by atoms with Crippen LogP contribution in [0.4, 0.5) is 13.2 Å². The number of nitrogens with one attached hydrogen (secondary N) is 1. The van der Waals surface area contributed by atoms with Crippen LogP contribution in [0.2, 0.25) is 0 Å². The molecule has 2 aromatic rings. The lowest BCUT2D eigenvalue weighted by Crippen LogP contribution is -2.30. The van der Waals surface area contributed by atoms with Crippen LogP contribution in [0.1, 0.15) is 15.9 Å². The van der Waals surface area contributed by atoms with Crippen LogP contribution < -0.4 is 14.2 Å². The third-order valence-electron chi connectivity index (χ3n) is 3.13. The molecule has 0 unspecified atom stereocenters. The smallest absolute Gasteiger partial charge is 0.267 e. The predicted molar refractivity (Wildman–Crippen MR) is 86.0 cm³/mol. The predicted octanol–water partition coefficient (Wildman–Crippen LogP) is 2.38. The Labute approximate surface area is 147 Å². The van der Waals surface area contributed by atoms with Crippen LogP contribution in [-0.2, 0) is 16.6 Å². The van der Waals surface area contributed by atoms with Gasteiger partial charge in [-0.1, -0.05) is 0 Å². The molecular formula is C16H14F3NO5S. The summed E-state index contributed by atoms with van der Waals surface area (Å²) < 4.78 is 75.1. The largest absolute Gasteiger partial charge is 0.497 e. The van der Waals surface area contributed by atoms with E-state index in [0.717, 1.165) is 12.1 Å². The van der Waals surface area contributed by atoms with Crippen molar-refractivity contribution in [3.8, 4) is 11.5 Å². The van der Waals surface area contributed by atoms with E-state index in [1.54, 1.807) is 0 Å². The Bertz CT molecular complexity index is 947. The fraction of sp³-hybridized carbons (Fsp3) is 0.188. The van der Waals surface area contributed by atoms with Gasteiger partial charge in [-0.2, -0.15) is 0 Å². The molecule has 26 heavy (non-hydrogen) atoms. The maximum absolute atomic E-state index is 14.1. The van der Waals surface area contributed by atoms with E-state index < -0.39 is 45.6 Å². The first-order valence-corrected chi connectivity index (χ1v) is 8.95. The average molecular weight is 389 g/mol. The molecule has 1 amide bonds. The third-order valence-corrected chi connectivity index (χ3v) is 3.69. The maximum Gasteiger partial charge on any atom is 0.267 e. The number of rotatable bonds is 6. The lowest BCUT2D eigenvalue weighted by molar-refractivity contribution is 0.0977. The Morgan fingerprint density at radius 1 is 1.04 bits per heavy atom. The van der Waals surface area contributed by atoms with Crippen molar-refractivity contribution in [1.29, 1.82) is 0 Å². The van der Waals surface area contributed by atoms with Gasteiger partial charge in [-0.3, -0.25) is 4.79 Å². The molecular weight excluding hydrogens is 375 g/mol. The van der Waals surface area contributed by atoms with E-state index in [4.69, 9.17) is 9.47 Å². The molecule has 140 valence electrons. The van der Waals surface area contributed by atoms with Crippen molar-refractivity contribution in [2.75, 3.05) is 13.4 Å². The number of amides is 1.